The zero-order valence-corrected chi connectivity index (χ0v) is 10.3. The van der Waals surface area contributed by atoms with E-state index in [0.717, 1.165) is 0 Å². The number of aliphatic hydroxyl groups excluding tert-OH is 1. The van der Waals surface area contributed by atoms with Gasteiger partial charge in [0.05, 0.1) is 11.5 Å². The Balaban J connectivity index is 3.36. The van der Waals surface area contributed by atoms with E-state index in [4.69, 9.17) is 10.9 Å². The summed E-state index contributed by atoms with van der Waals surface area (Å²) in [6.45, 7) is 3.92. The second kappa shape index (κ2) is 6.07. The first-order valence-electron chi connectivity index (χ1n) is 5.40. The van der Waals surface area contributed by atoms with Gasteiger partial charge in [-0.15, -0.1) is 0 Å². The van der Waals surface area contributed by atoms with Gasteiger partial charge in [0.25, 0.3) is 0 Å². The van der Waals surface area contributed by atoms with Crippen LogP contribution in [0.1, 0.15) is 12.6 Å². The number of anilines is 2. The summed E-state index contributed by atoms with van der Waals surface area (Å²) < 4.78 is 0. The Kier molecular flexibility index (Phi) is 4.75. The number of hydrogen-bond donors (Lipinski definition) is 3. The maximum Gasteiger partial charge on any atom is 0.332 e. The maximum atomic E-state index is 11.1. The Labute approximate surface area is 104 Å². The molecule has 0 saturated carbocycles. The first kappa shape index (κ1) is 14.1. The highest BCUT2D eigenvalue weighted by Gasteiger charge is 2.25. The van der Waals surface area contributed by atoms with E-state index in [-0.39, 0.29) is 36.3 Å². The van der Waals surface area contributed by atoms with Gasteiger partial charge in [-0.3, -0.25) is 15.5 Å². The van der Waals surface area contributed by atoms with E-state index in [0.29, 0.717) is 6.54 Å². The lowest BCUT2D eigenvalue weighted by Crippen LogP contribution is -2.29. The highest BCUT2D eigenvalue weighted by molar-refractivity contribution is 5.62. The van der Waals surface area contributed by atoms with Gasteiger partial charge in [0.1, 0.15) is 5.69 Å². The first-order valence-corrected chi connectivity index (χ1v) is 5.40. The predicted octanol–water partition coefficient (Wildman–Crippen LogP) is -0.203. The molecule has 0 unspecified atom stereocenters. The summed E-state index contributed by atoms with van der Waals surface area (Å²) in [5.74, 6) is 5.47. The van der Waals surface area contributed by atoms with E-state index in [1.165, 1.54) is 6.92 Å². The molecule has 18 heavy (non-hydrogen) atoms. The number of nitro groups is 1. The largest absolute Gasteiger partial charge is 0.395 e. The van der Waals surface area contributed by atoms with Crippen LogP contribution in [0.3, 0.4) is 0 Å². The molecule has 4 N–H and O–H groups in total. The van der Waals surface area contributed by atoms with Gasteiger partial charge in [0, 0.05) is 13.1 Å². The number of hydrazine groups is 1. The molecule has 9 heteroatoms. The highest BCUT2D eigenvalue weighted by Crippen LogP contribution is 2.29. The molecule has 0 bridgehead atoms. The molecule has 0 aliphatic heterocycles. The number of aromatic nitrogens is 2. The van der Waals surface area contributed by atoms with Crippen molar-refractivity contribution in [3.8, 4) is 0 Å². The Morgan fingerprint density at radius 2 is 2.22 bits per heavy atom. The van der Waals surface area contributed by atoms with Gasteiger partial charge >= 0.3 is 5.69 Å². The van der Waals surface area contributed by atoms with Crippen molar-refractivity contribution in [3.05, 3.63) is 15.8 Å². The van der Waals surface area contributed by atoms with Crippen LogP contribution in [0.2, 0.25) is 0 Å². The number of nitrogens with zero attached hydrogens (tertiary/aromatic N) is 4. The Bertz CT molecular complexity index is 439. The first-order chi connectivity index (χ1) is 8.54. The molecule has 0 aromatic carbocycles. The molecule has 0 radical (unpaired) electrons. The fourth-order valence-electron chi connectivity index (χ4n) is 1.59. The van der Waals surface area contributed by atoms with Crippen molar-refractivity contribution in [3.63, 3.8) is 0 Å². The zero-order valence-electron chi connectivity index (χ0n) is 10.3. The fraction of sp³-hybridized carbons (Fsp3) is 0.556. The van der Waals surface area contributed by atoms with Gasteiger partial charge in [-0.1, -0.05) is 0 Å². The minimum Gasteiger partial charge on any atom is -0.395 e. The molecule has 0 amide bonds. The van der Waals surface area contributed by atoms with E-state index in [1.54, 1.807) is 4.90 Å². The van der Waals surface area contributed by atoms with E-state index in [1.807, 2.05) is 6.92 Å². The smallest absolute Gasteiger partial charge is 0.332 e. The summed E-state index contributed by atoms with van der Waals surface area (Å²) in [6, 6.07) is 0. The Hall–Kier alpha value is -2.00. The second-order valence-electron chi connectivity index (χ2n) is 3.51. The van der Waals surface area contributed by atoms with Crippen LogP contribution < -0.4 is 16.2 Å². The molecular weight excluding hydrogens is 240 g/mol. The van der Waals surface area contributed by atoms with Gasteiger partial charge in [0.15, 0.2) is 0 Å². The van der Waals surface area contributed by atoms with Crippen molar-refractivity contribution in [2.24, 2.45) is 5.84 Å². The fourth-order valence-corrected chi connectivity index (χ4v) is 1.59. The molecular formula is C9H16N6O3. The van der Waals surface area contributed by atoms with E-state index >= 15 is 0 Å². The summed E-state index contributed by atoms with van der Waals surface area (Å²) >= 11 is 0. The van der Waals surface area contributed by atoms with E-state index in [2.05, 4.69) is 15.4 Å². The standard InChI is InChI=1S/C9H16N6O3/c1-3-14(4-5-16)8-7(15(17)18)6(2)11-9(12-8)13-10/h16H,3-5,10H2,1-2H3,(H,11,12,13). The monoisotopic (exact) mass is 256 g/mol. The summed E-state index contributed by atoms with van der Waals surface area (Å²) in [5.41, 5.74) is 2.30. The molecule has 0 aliphatic carbocycles. The van der Waals surface area contributed by atoms with Crippen LogP contribution in [-0.4, -0.2) is 39.7 Å². The van der Waals surface area contributed by atoms with Crippen molar-refractivity contribution in [2.45, 2.75) is 13.8 Å². The lowest BCUT2D eigenvalue weighted by atomic mass is 10.3. The number of rotatable bonds is 6. The molecule has 0 atom stereocenters. The maximum absolute atomic E-state index is 11.1. The van der Waals surface area contributed by atoms with Crippen LogP contribution in [0, 0.1) is 17.0 Å². The van der Waals surface area contributed by atoms with Crippen LogP contribution in [0.4, 0.5) is 17.5 Å². The van der Waals surface area contributed by atoms with Gasteiger partial charge in [-0.25, -0.2) is 10.8 Å². The average Bonchev–Trinajstić information content (AvgIpc) is 2.34. The number of aryl methyl sites for hydroxylation is 1. The zero-order chi connectivity index (χ0) is 13.7. The molecule has 9 nitrogen and oxygen atoms in total. The van der Waals surface area contributed by atoms with Crippen molar-refractivity contribution in [1.82, 2.24) is 9.97 Å². The number of hydrogen-bond acceptors (Lipinski definition) is 8. The molecule has 0 aliphatic rings. The number of aliphatic hydroxyl groups is 1. The third-order valence-corrected chi connectivity index (χ3v) is 2.40. The van der Waals surface area contributed by atoms with Gasteiger partial charge in [-0.2, -0.15) is 4.98 Å². The van der Waals surface area contributed by atoms with E-state index in [9.17, 15) is 10.1 Å². The number of likely N-dealkylation sites (N-methyl/N-ethyl adjacent to an activating group) is 1. The topological polar surface area (TPSA) is 130 Å². The van der Waals surface area contributed by atoms with Crippen LogP contribution in [0.15, 0.2) is 0 Å². The Morgan fingerprint density at radius 1 is 1.56 bits per heavy atom. The van der Waals surface area contributed by atoms with Crippen LogP contribution in [0.25, 0.3) is 0 Å². The molecule has 1 rings (SSSR count). The van der Waals surface area contributed by atoms with Crippen LogP contribution in [-0.2, 0) is 0 Å². The van der Waals surface area contributed by atoms with Crippen molar-refractivity contribution in [2.75, 3.05) is 30.0 Å². The van der Waals surface area contributed by atoms with Gasteiger partial charge in [0.2, 0.25) is 11.8 Å². The third-order valence-electron chi connectivity index (χ3n) is 2.40. The molecule has 100 valence electrons. The molecule has 1 heterocycles. The summed E-state index contributed by atoms with van der Waals surface area (Å²) in [4.78, 5) is 20.0. The minimum absolute atomic E-state index is 0.101. The lowest BCUT2D eigenvalue weighted by Gasteiger charge is -2.21. The number of nitrogens with two attached hydrogens (primary N) is 1. The van der Waals surface area contributed by atoms with Crippen molar-refractivity contribution < 1.29 is 10.0 Å². The third kappa shape index (κ3) is 2.81. The lowest BCUT2D eigenvalue weighted by molar-refractivity contribution is -0.385. The van der Waals surface area contributed by atoms with Crippen molar-refractivity contribution in [1.29, 1.82) is 0 Å². The second-order valence-corrected chi connectivity index (χ2v) is 3.51. The Morgan fingerprint density at radius 3 is 2.67 bits per heavy atom. The summed E-state index contributed by atoms with van der Waals surface area (Å²) in [6.07, 6.45) is 0. The molecule has 0 fully saturated rings. The molecule has 0 spiro atoms. The van der Waals surface area contributed by atoms with Crippen LogP contribution in [0.5, 0.6) is 0 Å². The summed E-state index contributed by atoms with van der Waals surface area (Å²) in [7, 11) is 0. The van der Waals surface area contributed by atoms with Gasteiger partial charge in [-0.05, 0) is 13.8 Å². The number of nitrogen functional groups attached to an aromatic ring is 1. The summed E-state index contributed by atoms with van der Waals surface area (Å²) in [5, 5.41) is 20.0. The van der Waals surface area contributed by atoms with Crippen molar-refractivity contribution >= 4 is 17.5 Å². The molecule has 0 saturated heterocycles. The predicted molar refractivity (Wildman–Crippen MR) is 66.2 cm³/mol. The number of nitrogens with one attached hydrogen (secondary N) is 1. The molecule has 1 aromatic rings. The minimum atomic E-state index is -0.537. The van der Waals surface area contributed by atoms with Gasteiger partial charge < -0.3 is 10.0 Å². The van der Waals surface area contributed by atoms with Crippen LogP contribution >= 0.6 is 0 Å². The highest BCUT2D eigenvalue weighted by atomic mass is 16.6. The van der Waals surface area contributed by atoms with E-state index < -0.39 is 4.92 Å². The quantitative estimate of drug-likeness (QED) is 0.362. The normalized spacial score (nSPS) is 10.2. The SMILES string of the molecule is CCN(CCO)c1nc(NN)nc(C)c1[N+](=O)[O-]. The average molecular weight is 256 g/mol. The molecule has 1 aromatic heterocycles.